The molecule has 1 N–H and O–H groups in total. The first-order valence-electron chi connectivity index (χ1n) is 10.1. The van der Waals surface area contributed by atoms with Crippen LogP contribution in [0.4, 0.5) is 0 Å². The zero-order valence-electron chi connectivity index (χ0n) is 17.0. The Morgan fingerprint density at radius 1 is 1.29 bits per heavy atom. The minimum Gasteiger partial charge on any atom is -0.482 e. The summed E-state index contributed by atoms with van der Waals surface area (Å²) in [7, 11) is 2.18. The number of imidazole rings is 1. The van der Waals surface area contributed by atoms with Crippen LogP contribution in [-0.2, 0) is 23.2 Å². The van der Waals surface area contributed by atoms with E-state index in [0.29, 0.717) is 5.75 Å². The predicted octanol–water partition coefficient (Wildman–Crippen LogP) is 2.06. The van der Waals surface area contributed by atoms with E-state index in [0.717, 1.165) is 56.7 Å². The van der Waals surface area contributed by atoms with Crippen molar-refractivity contribution in [3.8, 4) is 5.75 Å². The minimum absolute atomic E-state index is 0.0400. The van der Waals surface area contributed by atoms with Gasteiger partial charge in [-0.05, 0) is 45.4 Å². The van der Waals surface area contributed by atoms with E-state index in [9.17, 15) is 4.79 Å². The molecule has 2 aliphatic rings. The van der Waals surface area contributed by atoms with Gasteiger partial charge in [0, 0.05) is 37.4 Å². The highest BCUT2D eigenvalue weighted by atomic mass is 16.5. The molecule has 4 heterocycles. The van der Waals surface area contributed by atoms with Crippen molar-refractivity contribution < 1.29 is 9.53 Å². The third-order valence-corrected chi connectivity index (χ3v) is 6.29. The number of amides is 1. The van der Waals surface area contributed by atoms with Crippen molar-refractivity contribution >= 4 is 5.91 Å². The molecule has 0 bridgehead atoms. The summed E-state index contributed by atoms with van der Waals surface area (Å²) in [6, 6.07) is 3.83. The average molecular weight is 383 g/mol. The molecular weight excluding hydrogens is 354 g/mol. The molecule has 4 rings (SSSR count). The molecule has 150 valence electrons. The summed E-state index contributed by atoms with van der Waals surface area (Å²) in [5, 5.41) is 0. The Hall–Kier alpha value is -2.41. The number of carbonyl (C=O) groups is 1. The first-order valence-corrected chi connectivity index (χ1v) is 10.1. The first kappa shape index (κ1) is 18.9. The smallest absolute Gasteiger partial charge is 0.260 e. The lowest BCUT2D eigenvalue weighted by Crippen LogP contribution is -2.56. The molecule has 1 spiro atoms. The zero-order valence-corrected chi connectivity index (χ0v) is 17.0. The summed E-state index contributed by atoms with van der Waals surface area (Å²) in [6.07, 6.45) is 5.40. The molecule has 0 saturated carbocycles. The van der Waals surface area contributed by atoms with Gasteiger partial charge in [0.25, 0.3) is 5.91 Å². The van der Waals surface area contributed by atoms with Gasteiger partial charge in [-0.3, -0.25) is 14.7 Å². The second-order valence-corrected chi connectivity index (χ2v) is 7.85. The Kier molecular flexibility index (Phi) is 5.10. The van der Waals surface area contributed by atoms with E-state index >= 15 is 0 Å². The SMILES string of the molecule is CCc1nc(C)ccc1OCC(=O)N1CCC2(CC1)c1nc[nH]c1CCN2C. The van der Waals surface area contributed by atoms with E-state index in [1.54, 1.807) is 6.33 Å². The summed E-state index contributed by atoms with van der Waals surface area (Å²) >= 11 is 0. The topological polar surface area (TPSA) is 74.3 Å². The molecule has 0 unspecified atom stereocenters. The fourth-order valence-corrected chi connectivity index (χ4v) is 4.54. The minimum atomic E-state index is -0.0541. The summed E-state index contributed by atoms with van der Waals surface area (Å²) in [5.41, 5.74) is 4.23. The number of carbonyl (C=O) groups excluding carboxylic acids is 1. The van der Waals surface area contributed by atoms with Crippen molar-refractivity contribution in [1.29, 1.82) is 0 Å². The number of rotatable bonds is 4. The van der Waals surface area contributed by atoms with Gasteiger partial charge in [0.15, 0.2) is 6.61 Å². The molecule has 0 radical (unpaired) electrons. The van der Waals surface area contributed by atoms with Gasteiger partial charge in [0.05, 0.1) is 23.3 Å². The van der Waals surface area contributed by atoms with E-state index < -0.39 is 0 Å². The maximum absolute atomic E-state index is 12.7. The van der Waals surface area contributed by atoms with E-state index in [1.807, 2.05) is 30.9 Å². The van der Waals surface area contributed by atoms with E-state index in [4.69, 9.17) is 4.74 Å². The van der Waals surface area contributed by atoms with Gasteiger partial charge >= 0.3 is 0 Å². The Balaban J connectivity index is 1.39. The average Bonchev–Trinajstić information content (AvgIpc) is 3.20. The number of hydrogen-bond donors (Lipinski definition) is 1. The van der Waals surface area contributed by atoms with E-state index in [1.165, 1.54) is 11.4 Å². The molecule has 0 aromatic carbocycles. The molecule has 0 atom stereocenters. The van der Waals surface area contributed by atoms with Crippen LogP contribution in [0.1, 0.15) is 42.5 Å². The van der Waals surface area contributed by atoms with Crippen LogP contribution in [0.15, 0.2) is 18.5 Å². The summed E-state index contributed by atoms with van der Waals surface area (Å²) in [4.78, 5) is 29.5. The monoisotopic (exact) mass is 383 g/mol. The lowest BCUT2D eigenvalue weighted by atomic mass is 9.79. The van der Waals surface area contributed by atoms with Crippen molar-refractivity contribution in [3.63, 3.8) is 0 Å². The Morgan fingerprint density at radius 3 is 2.82 bits per heavy atom. The predicted molar refractivity (Wildman–Crippen MR) is 106 cm³/mol. The van der Waals surface area contributed by atoms with Gasteiger partial charge < -0.3 is 14.6 Å². The second kappa shape index (κ2) is 7.54. The molecule has 7 nitrogen and oxygen atoms in total. The van der Waals surface area contributed by atoms with Crippen molar-refractivity contribution in [2.45, 2.75) is 45.1 Å². The highest BCUT2D eigenvalue weighted by Gasteiger charge is 2.45. The van der Waals surface area contributed by atoms with Gasteiger partial charge in [-0.25, -0.2) is 4.98 Å². The highest BCUT2D eigenvalue weighted by molar-refractivity contribution is 5.78. The molecule has 2 aromatic rings. The van der Waals surface area contributed by atoms with Crippen LogP contribution in [0, 0.1) is 6.92 Å². The number of aromatic nitrogens is 3. The summed E-state index contributed by atoms with van der Waals surface area (Å²) in [6.45, 7) is 6.55. The number of pyridine rings is 1. The number of H-pyrrole nitrogens is 1. The number of aromatic amines is 1. The Morgan fingerprint density at radius 2 is 2.07 bits per heavy atom. The van der Waals surface area contributed by atoms with Crippen LogP contribution < -0.4 is 4.74 Å². The van der Waals surface area contributed by atoms with Crippen LogP contribution in [0.25, 0.3) is 0 Å². The Labute approximate surface area is 166 Å². The first-order chi connectivity index (χ1) is 13.5. The molecular formula is C21H29N5O2. The number of piperidine rings is 1. The number of ether oxygens (including phenoxy) is 1. The molecule has 0 aliphatic carbocycles. The van der Waals surface area contributed by atoms with Gasteiger partial charge in [-0.15, -0.1) is 0 Å². The molecule has 28 heavy (non-hydrogen) atoms. The van der Waals surface area contributed by atoms with Crippen LogP contribution in [0.3, 0.4) is 0 Å². The van der Waals surface area contributed by atoms with Gasteiger partial charge in [-0.1, -0.05) is 6.92 Å². The summed E-state index contributed by atoms with van der Waals surface area (Å²) < 4.78 is 5.82. The highest BCUT2D eigenvalue weighted by Crippen LogP contribution is 2.41. The molecule has 2 aliphatic heterocycles. The molecule has 7 heteroatoms. The number of fused-ring (bicyclic) bond motifs is 2. The maximum Gasteiger partial charge on any atom is 0.260 e. The lowest BCUT2D eigenvalue weighted by molar-refractivity contribution is -0.136. The van der Waals surface area contributed by atoms with Gasteiger partial charge in [0.2, 0.25) is 0 Å². The van der Waals surface area contributed by atoms with E-state index in [2.05, 4.69) is 26.9 Å². The number of hydrogen-bond acceptors (Lipinski definition) is 5. The number of nitrogens with one attached hydrogen (secondary N) is 1. The van der Waals surface area contributed by atoms with Crippen LogP contribution in [0.5, 0.6) is 5.75 Å². The lowest BCUT2D eigenvalue weighted by Gasteiger charge is -2.49. The molecule has 2 aromatic heterocycles. The van der Waals surface area contributed by atoms with Crippen molar-refractivity contribution in [2.75, 3.05) is 33.3 Å². The van der Waals surface area contributed by atoms with Crippen molar-refractivity contribution in [3.05, 3.63) is 41.2 Å². The van der Waals surface area contributed by atoms with Crippen LogP contribution in [0.2, 0.25) is 0 Å². The third kappa shape index (κ3) is 3.28. The van der Waals surface area contributed by atoms with Gasteiger partial charge in [-0.2, -0.15) is 0 Å². The van der Waals surface area contributed by atoms with Crippen molar-refractivity contribution in [2.24, 2.45) is 0 Å². The summed E-state index contributed by atoms with van der Waals surface area (Å²) in [5.74, 6) is 0.751. The maximum atomic E-state index is 12.7. The Bertz CT molecular complexity index is 854. The molecule has 1 amide bonds. The van der Waals surface area contributed by atoms with Crippen LogP contribution in [-0.4, -0.2) is 63.9 Å². The quantitative estimate of drug-likeness (QED) is 0.875. The van der Waals surface area contributed by atoms with Gasteiger partial charge in [0.1, 0.15) is 5.75 Å². The second-order valence-electron chi connectivity index (χ2n) is 7.85. The number of aryl methyl sites for hydroxylation is 2. The molecule has 1 fully saturated rings. The standard InChI is InChI=1S/C21H29N5O2/c1-4-16-18(6-5-15(2)24-16)28-13-19(27)26-11-8-21(9-12-26)20-17(22-14-23-20)7-10-25(21)3/h5-6,14H,4,7-13H2,1-3H3,(H,22,23). The zero-order chi connectivity index (χ0) is 19.7. The fraction of sp³-hybridized carbons (Fsp3) is 0.571. The fourth-order valence-electron chi connectivity index (χ4n) is 4.54. The number of nitrogens with zero attached hydrogens (tertiary/aromatic N) is 4. The number of likely N-dealkylation sites (tertiary alicyclic amines) is 1. The van der Waals surface area contributed by atoms with Crippen LogP contribution >= 0.6 is 0 Å². The normalized spacial score (nSPS) is 18.9. The van der Waals surface area contributed by atoms with E-state index in [-0.39, 0.29) is 18.1 Å². The van der Waals surface area contributed by atoms with Crippen molar-refractivity contribution in [1.82, 2.24) is 24.8 Å². The largest absolute Gasteiger partial charge is 0.482 e. The molecule has 1 saturated heterocycles. The third-order valence-electron chi connectivity index (χ3n) is 6.29. The number of likely N-dealkylation sites (N-methyl/N-ethyl adjacent to an activating group) is 1.